The summed E-state index contributed by atoms with van der Waals surface area (Å²) in [5.41, 5.74) is 0.704. The Morgan fingerprint density at radius 2 is 2.07 bits per heavy atom. The van der Waals surface area contributed by atoms with Gasteiger partial charge in [-0.25, -0.2) is 4.39 Å². The second kappa shape index (κ2) is 10.8. The number of nitrogens with one attached hydrogen (secondary N) is 2. The SMILES string of the molecule is Cl.Cl.O=C(NCc1ccc(Oc2cccnc2)c(F)c1)C1CC2CCCCC2N1. The number of rotatable bonds is 5. The molecule has 4 rings (SSSR count). The van der Waals surface area contributed by atoms with Crippen molar-refractivity contribution in [3.63, 3.8) is 0 Å². The molecule has 1 saturated carbocycles. The summed E-state index contributed by atoms with van der Waals surface area (Å²) >= 11 is 0. The minimum Gasteiger partial charge on any atom is -0.453 e. The molecule has 5 nitrogen and oxygen atoms in total. The molecule has 0 bridgehead atoms. The van der Waals surface area contributed by atoms with Crippen LogP contribution in [0.3, 0.4) is 0 Å². The van der Waals surface area contributed by atoms with Gasteiger partial charge in [-0.2, -0.15) is 0 Å². The van der Waals surface area contributed by atoms with E-state index in [1.807, 2.05) is 0 Å². The Hall–Kier alpha value is -1.89. The van der Waals surface area contributed by atoms with Crippen LogP contribution in [0.2, 0.25) is 0 Å². The highest BCUT2D eigenvalue weighted by atomic mass is 35.5. The molecular formula is C21H26Cl2FN3O2. The molecule has 2 fully saturated rings. The minimum absolute atomic E-state index is 0. The molecule has 1 aromatic carbocycles. The Labute approximate surface area is 182 Å². The van der Waals surface area contributed by atoms with Crippen molar-refractivity contribution in [3.05, 3.63) is 54.1 Å². The smallest absolute Gasteiger partial charge is 0.237 e. The zero-order chi connectivity index (χ0) is 18.6. The van der Waals surface area contributed by atoms with E-state index in [1.165, 1.54) is 31.5 Å². The van der Waals surface area contributed by atoms with Crippen LogP contribution in [0.1, 0.15) is 37.7 Å². The average Bonchev–Trinajstić information content (AvgIpc) is 3.13. The van der Waals surface area contributed by atoms with Crippen molar-refractivity contribution < 1.29 is 13.9 Å². The lowest BCUT2D eigenvalue weighted by Gasteiger charge is -2.24. The lowest BCUT2D eigenvalue weighted by molar-refractivity contribution is -0.123. The van der Waals surface area contributed by atoms with Gasteiger partial charge in [0.1, 0.15) is 5.75 Å². The molecule has 29 heavy (non-hydrogen) atoms. The number of halogens is 3. The largest absolute Gasteiger partial charge is 0.453 e. The Morgan fingerprint density at radius 3 is 2.79 bits per heavy atom. The van der Waals surface area contributed by atoms with Gasteiger partial charge in [0.05, 0.1) is 12.2 Å². The van der Waals surface area contributed by atoms with Gasteiger partial charge in [0, 0.05) is 18.8 Å². The third-order valence-electron chi connectivity index (χ3n) is 5.50. The first-order valence-corrected chi connectivity index (χ1v) is 9.59. The van der Waals surface area contributed by atoms with Crippen molar-refractivity contribution in [2.45, 2.75) is 50.7 Å². The van der Waals surface area contributed by atoms with Crippen molar-refractivity contribution in [2.75, 3.05) is 0 Å². The summed E-state index contributed by atoms with van der Waals surface area (Å²) in [4.78, 5) is 16.4. The van der Waals surface area contributed by atoms with Crippen LogP contribution in [-0.4, -0.2) is 23.0 Å². The van der Waals surface area contributed by atoms with Gasteiger partial charge in [-0.1, -0.05) is 18.9 Å². The Kier molecular flexibility index (Phi) is 8.68. The van der Waals surface area contributed by atoms with Crippen molar-refractivity contribution in [3.8, 4) is 11.5 Å². The molecule has 0 spiro atoms. The third kappa shape index (κ3) is 5.81. The van der Waals surface area contributed by atoms with E-state index < -0.39 is 5.82 Å². The fraction of sp³-hybridized carbons (Fsp3) is 0.429. The third-order valence-corrected chi connectivity index (χ3v) is 5.50. The van der Waals surface area contributed by atoms with Gasteiger partial charge in [-0.05, 0) is 55.0 Å². The maximum Gasteiger partial charge on any atom is 0.237 e. The number of hydrogen-bond acceptors (Lipinski definition) is 4. The molecule has 1 aliphatic carbocycles. The second-order valence-corrected chi connectivity index (χ2v) is 7.38. The van der Waals surface area contributed by atoms with Crippen LogP contribution in [0.5, 0.6) is 11.5 Å². The molecule has 2 aromatic rings. The Balaban J connectivity index is 0.00000150. The standard InChI is InChI=1S/C21H24FN3O2.2ClH/c22-17-10-14(7-8-20(17)27-16-5-3-9-23-13-16)12-24-21(26)19-11-15-4-1-2-6-18(15)25-19;;/h3,5,7-10,13,15,18-19,25H,1-2,4,6,11-12H2,(H,24,26);2*1H. The van der Waals surface area contributed by atoms with E-state index in [1.54, 1.807) is 30.5 Å². The van der Waals surface area contributed by atoms with Crippen molar-refractivity contribution in [1.82, 2.24) is 15.6 Å². The molecule has 2 aliphatic rings. The summed E-state index contributed by atoms with van der Waals surface area (Å²) in [6.45, 7) is 0.302. The van der Waals surface area contributed by atoms with Crippen LogP contribution in [-0.2, 0) is 11.3 Å². The Bertz CT molecular complexity index is 796. The summed E-state index contributed by atoms with van der Waals surface area (Å²) in [5.74, 6) is 0.776. The zero-order valence-electron chi connectivity index (χ0n) is 16.0. The maximum absolute atomic E-state index is 14.3. The summed E-state index contributed by atoms with van der Waals surface area (Å²) in [6, 6.07) is 8.53. The number of amides is 1. The van der Waals surface area contributed by atoms with Gasteiger partial charge in [0.15, 0.2) is 11.6 Å². The molecule has 0 radical (unpaired) electrons. The van der Waals surface area contributed by atoms with E-state index in [0.717, 1.165) is 12.8 Å². The number of benzene rings is 1. The number of pyridine rings is 1. The number of fused-ring (bicyclic) bond motifs is 1. The fourth-order valence-electron chi connectivity index (χ4n) is 4.11. The molecule has 158 valence electrons. The van der Waals surface area contributed by atoms with E-state index in [2.05, 4.69) is 15.6 Å². The Morgan fingerprint density at radius 1 is 1.24 bits per heavy atom. The number of ether oxygens (including phenoxy) is 1. The number of carbonyl (C=O) groups excluding carboxylic acids is 1. The lowest BCUT2D eigenvalue weighted by atomic mass is 9.85. The predicted molar refractivity (Wildman–Crippen MR) is 114 cm³/mol. The maximum atomic E-state index is 14.3. The predicted octanol–water partition coefficient (Wildman–Crippen LogP) is 4.39. The number of aromatic nitrogens is 1. The van der Waals surface area contributed by atoms with Crippen LogP contribution >= 0.6 is 24.8 Å². The molecule has 1 amide bonds. The van der Waals surface area contributed by atoms with E-state index in [0.29, 0.717) is 29.8 Å². The number of hydrogen-bond donors (Lipinski definition) is 2. The highest BCUT2D eigenvalue weighted by Crippen LogP contribution is 2.33. The van der Waals surface area contributed by atoms with Gasteiger partial charge < -0.3 is 15.4 Å². The first kappa shape index (κ1) is 23.4. The first-order valence-electron chi connectivity index (χ1n) is 9.59. The van der Waals surface area contributed by atoms with Gasteiger partial charge in [0.25, 0.3) is 0 Å². The summed E-state index contributed by atoms with van der Waals surface area (Å²) < 4.78 is 19.8. The monoisotopic (exact) mass is 441 g/mol. The second-order valence-electron chi connectivity index (χ2n) is 7.38. The number of carbonyl (C=O) groups is 1. The highest BCUT2D eigenvalue weighted by Gasteiger charge is 2.37. The molecule has 3 atom stereocenters. The molecule has 3 unspecified atom stereocenters. The van der Waals surface area contributed by atoms with Gasteiger partial charge >= 0.3 is 0 Å². The molecule has 2 heterocycles. The zero-order valence-corrected chi connectivity index (χ0v) is 17.6. The van der Waals surface area contributed by atoms with Crippen LogP contribution in [0.15, 0.2) is 42.7 Å². The van der Waals surface area contributed by atoms with Gasteiger partial charge in [-0.3, -0.25) is 9.78 Å². The quantitative estimate of drug-likeness (QED) is 0.721. The van der Waals surface area contributed by atoms with Gasteiger partial charge in [0.2, 0.25) is 5.91 Å². The average molecular weight is 442 g/mol. The minimum atomic E-state index is -0.462. The van der Waals surface area contributed by atoms with E-state index in [4.69, 9.17) is 4.74 Å². The summed E-state index contributed by atoms with van der Waals surface area (Å²) in [7, 11) is 0. The van der Waals surface area contributed by atoms with Crippen LogP contribution < -0.4 is 15.4 Å². The normalized spacial score (nSPS) is 22.6. The van der Waals surface area contributed by atoms with Crippen LogP contribution in [0, 0.1) is 11.7 Å². The molecule has 1 aromatic heterocycles. The van der Waals surface area contributed by atoms with E-state index in [-0.39, 0.29) is 42.5 Å². The molecule has 8 heteroatoms. The van der Waals surface area contributed by atoms with E-state index >= 15 is 0 Å². The van der Waals surface area contributed by atoms with Crippen molar-refractivity contribution >= 4 is 30.7 Å². The topological polar surface area (TPSA) is 63.2 Å². The molecular weight excluding hydrogens is 416 g/mol. The lowest BCUT2D eigenvalue weighted by Crippen LogP contribution is -2.42. The van der Waals surface area contributed by atoms with Crippen LogP contribution in [0.4, 0.5) is 4.39 Å². The van der Waals surface area contributed by atoms with Gasteiger partial charge in [-0.15, -0.1) is 24.8 Å². The number of nitrogens with zero attached hydrogens (tertiary/aromatic N) is 1. The highest BCUT2D eigenvalue weighted by molar-refractivity contribution is 5.85. The van der Waals surface area contributed by atoms with Crippen molar-refractivity contribution in [1.29, 1.82) is 0 Å². The molecule has 2 N–H and O–H groups in total. The fourth-order valence-corrected chi connectivity index (χ4v) is 4.11. The summed E-state index contributed by atoms with van der Waals surface area (Å²) in [6.07, 6.45) is 8.95. The van der Waals surface area contributed by atoms with Crippen LogP contribution in [0.25, 0.3) is 0 Å². The van der Waals surface area contributed by atoms with Crippen molar-refractivity contribution in [2.24, 2.45) is 5.92 Å². The summed E-state index contributed by atoms with van der Waals surface area (Å²) in [5, 5.41) is 6.39. The molecule has 1 saturated heterocycles. The first-order chi connectivity index (χ1) is 13.2. The van der Waals surface area contributed by atoms with E-state index in [9.17, 15) is 9.18 Å². The molecule has 1 aliphatic heterocycles.